The Labute approximate surface area is 106 Å². The van der Waals surface area contributed by atoms with Crippen molar-refractivity contribution in [1.82, 2.24) is 9.97 Å². The normalized spacial score (nSPS) is 23.8. The van der Waals surface area contributed by atoms with Crippen molar-refractivity contribution in [3.05, 3.63) is 18.1 Å². The maximum absolute atomic E-state index is 11.2. The molecular formula is C12H17N3O3. The lowest BCUT2D eigenvalue weighted by Gasteiger charge is -2.35. The molecule has 1 aliphatic rings. The first kappa shape index (κ1) is 12.8. The molecule has 1 fully saturated rings. The summed E-state index contributed by atoms with van der Waals surface area (Å²) in [5.74, 6) is 0.280. The van der Waals surface area contributed by atoms with Gasteiger partial charge in [-0.25, -0.2) is 14.8 Å². The summed E-state index contributed by atoms with van der Waals surface area (Å²) in [5, 5.41) is 0. The molecule has 2 unspecified atom stereocenters. The van der Waals surface area contributed by atoms with E-state index in [0.717, 1.165) is 18.9 Å². The lowest BCUT2D eigenvalue weighted by molar-refractivity contribution is -0.00549. The fourth-order valence-corrected chi connectivity index (χ4v) is 2.06. The summed E-state index contributed by atoms with van der Waals surface area (Å²) in [6.07, 6.45) is 3.36. The maximum atomic E-state index is 11.2. The lowest BCUT2D eigenvalue weighted by Crippen LogP contribution is -2.45. The van der Waals surface area contributed by atoms with Crippen molar-refractivity contribution in [2.24, 2.45) is 0 Å². The molecule has 2 atom stereocenters. The van der Waals surface area contributed by atoms with Crippen LogP contribution in [0.25, 0.3) is 0 Å². The van der Waals surface area contributed by atoms with Crippen molar-refractivity contribution in [2.75, 3.05) is 25.1 Å². The Bertz CT molecular complexity index is 411. The van der Waals surface area contributed by atoms with Crippen LogP contribution >= 0.6 is 0 Å². The highest BCUT2D eigenvalue weighted by atomic mass is 16.5. The van der Waals surface area contributed by atoms with E-state index in [9.17, 15) is 4.79 Å². The van der Waals surface area contributed by atoms with Crippen molar-refractivity contribution in [1.29, 1.82) is 0 Å². The average Bonchev–Trinajstić information content (AvgIpc) is 2.37. The minimum Gasteiger partial charge on any atom is -0.464 e. The fraction of sp³-hybridized carbons (Fsp3) is 0.583. The number of aromatic nitrogens is 2. The van der Waals surface area contributed by atoms with E-state index in [2.05, 4.69) is 19.6 Å². The number of anilines is 1. The number of esters is 1. The average molecular weight is 251 g/mol. The van der Waals surface area contributed by atoms with E-state index in [0.29, 0.717) is 0 Å². The third kappa shape index (κ3) is 2.76. The quantitative estimate of drug-likeness (QED) is 0.727. The molecule has 0 aliphatic carbocycles. The summed E-state index contributed by atoms with van der Waals surface area (Å²) < 4.78 is 10.2. The number of methoxy groups -OCH3 is 1. The Kier molecular flexibility index (Phi) is 3.76. The van der Waals surface area contributed by atoms with Crippen molar-refractivity contribution < 1.29 is 14.3 Å². The molecule has 6 heteroatoms. The summed E-state index contributed by atoms with van der Waals surface area (Å²) in [5.41, 5.74) is 0.218. The molecule has 1 aliphatic heterocycles. The zero-order valence-corrected chi connectivity index (χ0v) is 10.8. The van der Waals surface area contributed by atoms with Gasteiger partial charge in [-0.2, -0.15) is 0 Å². The molecule has 0 aromatic carbocycles. The van der Waals surface area contributed by atoms with Gasteiger partial charge in [-0.1, -0.05) is 0 Å². The fourth-order valence-electron chi connectivity index (χ4n) is 2.06. The third-order valence-corrected chi connectivity index (χ3v) is 2.78. The molecule has 2 rings (SSSR count). The van der Waals surface area contributed by atoms with Gasteiger partial charge >= 0.3 is 5.97 Å². The number of rotatable bonds is 2. The molecule has 98 valence electrons. The van der Waals surface area contributed by atoms with Crippen molar-refractivity contribution in [3.8, 4) is 0 Å². The molecular weight excluding hydrogens is 234 g/mol. The van der Waals surface area contributed by atoms with Crippen LogP contribution < -0.4 is 4.90 Å². The Hall–Kier alpha value is -1.69. The van der Waals surface area contributed by atoms with E-state index >= 15 is 0 Å². The van der Waals surface area contributed by atoms with Crippen LogP contribution in [0.4, 0.5) is 5.82 Å². The van der Waals surface area contributed by atoms with Crippen LogP contribution in [0.2, 0.25) is 0 Å². The van der Waals surface area contributed by atoms with E-state index in [1.165, 1.54) is 13.3 Å². The number of ether oxygens (including phenoxy) is 2. The molecule has 0 saturated carbocycles. The van der Waals surface area contributed by atoms with Crippen LogP contribution in [0, 0.1) is 0 Å². The summed E-state index contributed by atoms with van der Waals surface area (Å²) in [6.45, 7) is 5.60. The minimum atomic E-state index is -0.474. The highest BCUT2D eigenvalue weighted by Gasteiger charge is 2.23. The van der Waals surface area contributed by atoms with Crippen LogP contribution in [-0.2, 0) is 9.47 Å². The van der Waals surface area contributed by atoms with E-state index in [1.807, 2.05) is 13.8 Å². The highest BCUT2D eigenvalue weighted by Crippen LogP contribution is 2.17. The Morgan fingerprint density at radius 3 is 2.50 bits per heavy atom. The number of carbonyl (C=O) groups is 1. The molecule has 6 nitrogen and oxygen atoms in total. The maximum Gasteiger partial charge on any atom is 0.358 e. The first-order chi connectivity index (χ1) is 8.60. The first-order valence-corrected chi connectivity index (χ1v) is 5.91. The van der Waals surface area contributed by atoms with Crippen molar-refractivity contribution >= 4 is 11.8 Å². The number of morpholine rings is 1. The van der Waals surface area contributed by atoms with Gasteiger partial charge < -0.3 is 14.4 Å². The molecule has 0 radical (unpaired) electrons. The molecule has 18 heavy (non-hydrogen) atoms. The Morgan fingerprint density at radius 1 is 1.33 bits per heavy atom. The predicted octanol–water partition coefficient (Wildman–Crippen LogP) is 0.877. The predicted molar refractivity (Wildman–Crippen MR) is 65.6 cm³/mol. The molecule has 0 spiro atoms. The Balaban J connectivity index is 2.11. The number of hydrogen-bond acceptors (Lipinski definition) is 6. The van der Waals surface area contributed by atoms with E-state index < -0.39 is 5.97 Å². The van der Waals surface area contributed by atoms with Gasteiger partial charge in [0.2, 0.25) is 0 Å². The van der Waals surface area contributed by atoms with Gasteiger partial charge in [-0.3, -0.25) is 0 Å². The number of carbonyl (C=O) groups excluding carboxylic acids is 1. The topological polar surface area (TPSA) is 64.5 Å². The van der Waals surface area contributed by atoms with Gasteiger partial charge in [-0.05, 0) is 13.8 Å². The SMILES string of the molecule is COC(=O)c1cnc(N2CC(C)OC(C)C2)cn1. The van der Waals surface area contributed by atoms with Gasteiger partial charge in [0.25, 0.3) is 0 Å². The molecule has 0 amide bonds. The van der Waals surface area contributed by atoms with Crippen molar-refractivity contribution in [2.45, 2.75) is 26.1 Å². The summed E-state index contributed by atoms with van der Waals surface area (Å²) in [4.78, 5) is 21.7. The summed E-state index contributed by atoms with van der Waals surface area (Å²) >= 11 is 0. The van der Waals surface area contributed by atoms with Crippen LogP contribution in [0.3, 0.4) is 0 Å². The van der Waals surface area contributed by atoms with Gasteiger partial charge in [0.15, 0.2) is 5.69 Å². The van der Waals surface area contributed by atoms with Gasteiger partial charge in [0.05, 0.1) is 31.7 Å². The van der Waals surface area contributed by atoms with Gasteiger partial charge in [0, 0.05) is 13.1 Å². The van der Waals surface area contributed by atoms with Crippen molar-refractivity contribution in [3.63, 3.8) is 0 Å². The second kappa shape index (κ2) is 5.30. The van der Waals surface area contributed by atoms with Crippen LogP contribution in [0.5, 0.6) is 0 Å². The van der Waals surface area contributed by atoms with E-state index in [-0.39, 0.29) is 17.9 Å². The second-order valence-electron chi connectivity index (χ2n) is 4.41. The van der Waals surface area contributed by atoms with Gasteiger partial charge in [-0.15, -0.1) is 0 Å². The van der Waals surface area contributed by atoms with Gasteiger partial charge in [0.1, 0.15) is 5.82 Å². The number of hydrogen-bond donors (Lipinski definition) is 0. The summed E-state index contributed by atoms with van der Waals surface area (Å²) in [7, 11) is 1.32. The number of nitrogens with zero attached hydrogens (tertiary/aromatic N) is 3. The second-order valence-corrected chi connectivity index (χ2v) is 4.41. The molecule has 1 saturated heterocycles. The van der Waals surface area contributed by atoms with E-state index in [1.54, 1.807) is 6.20 Å². The first-order valence-electron chi connectivity index (χ1n) is 5.91. The van der Waals surface area contributed by atoms with Crippen LogP contribution in [0.1, 0.15) is 24.3 Å². The molecule has 1 aromatic rings. The monoisotopic (exact) mass is 251 g/mol. The zero-order chi connectivity index (χ0) is 13.1. The van der Waals surface area contributed by atoms with Crippen LogP contribution in [0.15, 0.2) is 12.4 Å². The smallest absolute Gasteiger partial charge is 0.358 e. The largest absolute Gasteiger partial charge is 0.464 e. The zero-order valence-electron chi connectivity index (χ0n) is 10.8. The molecule has 0 bridgehead atoms. The third-order valence-electron chi connectivity index (χ3n) is 2.78. The standard InChI is InChI=1S/C12H17N3O3/c1-8-6-15(7-9(2)18-8)11-5-13-10(4-14-11)12(16)17-3/h4-5,8-9H,6-7H2,1-3H3. The molecule has 1 aromatic heterocycles. The highest BCUT2D eigenvalue weighted by molar-refractivity contribution is 5.86. The lowest BCUT2D eigenvalue weighted by atomic mass is 10.2. The minimum absolute atomic E-state index is 0.163. The molecule has 2 heterocycles. The van der Waals surface area contributed by atoms with Crippen LogP contribution in [-0.4, -0.2) is 48.3 Å². The van der Waals surface area contributed by atoms with E-state index in [4.69, 9.17) is 4.74 Å². The molecule has 0 N–H and O–H groups in total. The summed E-state index contributed by atoms with van der Waals surface area (Å²) in [6, 6.07) is 0. The Morgan fingerprint density at radius 2 is 2.00 bits per heavy atom.